The standard InChI is InChI=1S/C34H34BrCl2N3O4S/c1-2-3-19-38-34(42)32(20-25-11-6-4-7-12-25)39(23-26-17-18-28(36)22-31(26)37)33(41)24-40(29-14-10-13-27(35)21-29)45(43,44)30-15-8-5-9-16-30/h4-18,21-22,32H,2-3,19-20,23-24H2,1H3,(H,38,42)/t32-/m0/s1. The van der Waals surface area contributed by atoms with E-state index in [1.54, 1.807) is 60.7 Å². The molecule has 0 radical (unpaired) electrons. The lowest BCUT2D eigenvalue weighted by atomic mass is 10.0. The molecule has 0 bridgehead atoms. The van der Waals surface area contributed by atoms with Crippen LogP contribution < -0.4 is 9.62 Å². The summed E-state index contributed by atoms with van der Waals surface area (Å²) in [5.41, 5.74) is 1.70. The van der Waals surface area contributed by atoms with Gasteiger partial charge in [-0.15, -0.1) is 0 Å². The second-order valence-electron chi connectivity index (χ2n) is 10.4. The maximum Gasteiger partial charge on any atom is 0.264 e. The number of halogens is 3. The van der Waals surface area contributed by atoms with E-state index in [1.807, 2.05) is 37.3 Å². The summed E-state index contributed by atoms with van der Waals surface area (Å²) in [7, 11) is -4.19. The van der Waals surface area contributed by atoms with Crippen LogP contribution in [-0.4, -0.2) is 44.3 Å². The number of carbonyl (C=O) groups is 2. The van der Waals surface area contributed by atoms with Crippen LogP contribution in [0.4, 0.5) is 5.69 Å². The Kier molecular flexibility index (Phi) is 12.5. The van der Waals surface area contributed by atoms with Crippen molar-refractivity contribution in [2.24, 2.45) is 0 Å². The van der Waals surface area contributed by atoms with Gasteiger partial charge >= 0.3 is 0 Å². The fourth-order valence-electron chi connectivity index (χ4n) is 4.77. The molecule has 0 unspecified atom stereocenters. The molecule has 0 saturated carbocycles. The van der Waals surface area contributed by atoms with Crippen molar-refractivity contribution in [3.05, 3.63) is 129 Å². The maximum atomic E-state index is 14.5. The first-order chi connectivity index (χ1) is 21.6. The van der Waals surface area contributed by atoms with Crippen LogP contribution >= 0.6 is 39.1 Å². The Labute approximate surface area is 283 Å². The van der Waals surface area contributed by atoms with Gasteiger partial charge in [0.25, 0.3) is 10.0 Å². The molecule has 4 aromatic rings. The van der Waals surface area contributed by atoms with Crippen LogP contribution in [-0.2, 0) is 32.6 Å². The maximum absolute atomic E-state index is 14.5. The lowest BCUT2D eigenvalue weighted by Crippen LogP contribution is -2.53. The third kappa shape index (κ3) is 9.33. The fraction of sp³-hybridized carbons (Fsp3) is 0.235. The monoisotopic (exact) mass is 729 g/mol. The molecule has 0 aliphatic carbocycles. The normalized spacial score (nSPS) is 11.9. The molecule has 1 N–H and O–H groups in total. The third-order valence-corrected chi connectivity index (χ3v) is 10.0. The molecule has 0 heterocycles. The highest BCUT2D eigenvalue weighted by Crippen LogP contribution is 2.28. The predicted molar refractivity (Wildman–Crippen MR) is 184 cm³/mol. The van der Waals surface area contributed by atoms with E-state index in [-0.39, 0.29) is 29.5 Å². The van der Waals surface area contributed by atoms with E-state index in [1.165, 1.54) is 17.0 Å². The smallest absolute Gasteiger partial charge is 0.264 e. The van der Waals surface area contributed by atoms with Crippen molar-refractivity contribution in [3.63, 3.8) is 0 Å². The third-order valence-electron chi connectivity index (χ3n) is 7.16. The number of hydrogen-bond acceptors (Lipinski definition) is 4. The lowest BCUT2D eigenvalue weighted by Gasteiger charge is -2.34. The van der Waals surface area contributed by atoms with Gasteiger partial charge in [-0.1, -0.05) is 113 Å². The van der Waals surface area contributed by atoms with Crippen LogP contribution in [0.1, 0.15) is 30.9 Å². The summed E-state index contributed by atoms with van der Waals surface area (Å²) in [5.74, 6) is -0.919. The highest BCUT2D eigenvalue weighted by atomic mass is 79.9. The van der Waals surface area contributed by atoms with Crippen LogP contribution in [0, 0.1) is 0 Å². The molecule has 1 atom stereocenters. The number of carbonyl (C=O) groups excluding carboxylic acids is 2. The van der Waals surface area contributed by atoms with Gasteiger partial charge in [-0.2, -0.15) is 0 Å². The second-order valence-corrected chi connectivity index (χ2v) is 14.0. The minimum atomic E-state index is -4.19. The van der Waals surface area contributed by atoms with Gasteiger partial charge in [-0.3, -0.25) is 13.9 Å². The number of sulfonamides is 1. The molecule has 4 aromatic carbocycles. The largest absolute Gasteiger partial charge is 0.354 e. The van der Waals surface area contributed by atoms with Gasteiger partial charge in [-0.05, 0) is 60.0 Å². The molecule has 7 nitrogen and oxygen atoms in total. The van der Waals surface area contributed by atoms with E-state index in [0.29, 0.717) is 26.6 Å². The molecule has 0 aliphatic rings. The van der Waals surface area contributed by atoms with Crippen molar-refractivity contribution in [2.45, 2.75) is 43.7 Å². The molecule has 45 heavy (non-hydrogen) atoms. The Morgan fingerprint density at radius 1 is 0.889 bits per heavy atom. The Morgan fingerprint density at radius 2 is 1.58 bits per heavy atom. The SMILES string of the molecule is CCCCNC(=O)[C@H](Cc1ccccc1)N(Cc1ccc(Cl)cc1Cl)C(=O)CN(c1cccc(Br)c1)S(=O)(=O)c1ccccc1. The highest BCUT2D eigenvalue weighted by molar-refractivity contribution is 9.10. The molecule has 0 fully saturated rings. The fourth-order valence-corrected chi connectivity index (χ4v) is 7.06. The highest BCUT2D eigenvalue weighted by Gasteiger charge is 2.35. The summed E-state index contributed by atoms with van der Waals surface area (Å²) in [6.45, 7) is 1.85. The topological polar surface area (TPSA) is 86.8 Å². The number of nitrogens with zero attached hydrogens (tertiary/aromatic N) is 2. The van der Waals surface area contributed by atoms with Crippen molar-refractivity contribution < 1.29 is 18.0 Å². The zero-order valence-corrected chi connectivity index (χ0v) is 28.6. The van der Waals surface area contributed by atoms with Crippen LogP contribution in [0.5, 0.6) is 0 Å². The van der Waals surface area contributed by atoms with Gasteiger partial charge in [0.05, 0.1) is 10.6 Å². The van der Waals surface area contributed by atoms with Crippen molar-refractivity contribution in [2.75, 3.05) is 17.4 Å². The van der Waals surface area contributed by atoms with Crippen molar-refractivity contribution >= 4 is 66.7 Å². The van der Waals surface area contributed by atoms with Gasteiger partial charge in [0.15, 0.2) is 0 Å². The molecule has 2 amide bonds. The van der Waals surface area contributed by atoms with Crippen molar-refractivity contribution in [3.8, 4) is 0 Å². The summed E-state index contributed by atoms with van der Waals surface area (Å²) in [6, 6.07) is 28.0. The molecule has 0 aliphatic heterocycles. The Morgan fingerprint density at radius 3 is 2.22 bits per heavy atom. The molecular formula is C34H34BrCl2N3O4S. The molecular weight excluding hydrogens is 697 g/mol. The molecule has 0 spiro atoms. The number of anilines is 1. The van der Waals surface area contributed by atoms with Gasteiger partial charge in [-0.25, -0.2) is 8.42 Å². The molecule has 4 rings (SSSR count). The van der Waals surface area contributed by atoms with Gasteiger partial charge in [0, 0.05) is 34.0 Å². The minimum absolute atomic E-state index is 0.0308. The number of hydrogen-bond donors (Lipinski definition) is 1. The Bertz CT molecular complexity index is 1710. The first-order valence-electron chi connectivity index (χ1n) is 14.5. The molecule has 11 heteroatoms. The molecule has 236 valence electrons. The zero-order valence-electron chi connectivity index (χ0n) is 24.7. The Hall–Kier alpha value is -3.37. The minimum Gasteiger partial charge on any atom is -0.354 e. The summed E-state index contributed by atoms with van der Waals surface area (Å²) in [4.78, 5) is 29.8. The first-order valence-corrected chi connectivity index (χ1v) is 17.5. The first kappa shape index (κ1) is 34.5. The molecule has 0 saturated heterocycles. The number of nitrogens with one attached hydrogen (secondary N) is 1. The van der Waals surface area contributed by atoms with E-state index in [9.17, 15) is 18.0 Å². The lowest BCUT2D eigenvalue weighted by molar-refractivity contribution is -0.140. The van der Waals surface area contributed by atoms with Crippen molar-refractivity contribution in [1.82, 2.24) is 10.2 Å². The number of benzene rings is 4. The summed E-state index contributed by atoms with van der Waals surface area (Å²) < 4.78 is 29.8. The average Bonchev–Trinajstić information content (AvgIpc) is 3.03. The zero-order chi connectivity index (χ0) is 32.4. The van der Waals surface area contributed by atoms with Gasteiger partial charge in [0.1, 0.15) is 12.6 Å². The predicted octanol–water partition coefficient (Wildman–Crippen LogP) is 7.51. The van der Waals surface area contributed by atoms with E-state index in [0.717, 1.165) is 22.7 Å². The van der Waals surface area contributed by atoms with Crippen LogP contribution in [0.25, 0.3) is 0 Å². The van der Waals surface area contributed by atoms with Crippen molar-refractivity contribution in [1.29, 1.82) is 0 Å². The summed E-state index contributed by atoms with van der Waals surface area (Å²) >= 11 is 16.1. The average molecular weight is 732 g/mol. The summed E-state index contributed by atoms with van der Waals surface area (Å²) in [5, 5.41) is 3.72. The van der Waals surface area contributed by atoms with E-state index < -0.39 is 28.5 Å². The van der Waals surface area contributed by atoms with Gasteiger partial charge in [0.2, 0.25) is 11.8 Å². The van der Waals surface area contributed by atoms with E-state index >= 15 is 0 Å². The number of unbranched alkanes of at least 4 members (excludes halogenated alkanes) is 1. The molecule has 0 aromatic heterocycles. The quantitative estimate of drug-likeness (QED) is 0.136. The van der Waals surface area contributed by atoms with Crippen LogP contribution in [0.2, 0.25) is 10.0 Å². The van der Waals surface area contributed by atoms with Gasteiger partial charge < -0.3 is 10.2 Å². The van der Waals surface area contributed by atoms with E-state index in [4.69, 9.17) is 23.2 Å². The van der Waals surface area contributed by atoms with Crippen LogP contribution in [0.3, 0.4) is 0 Å². The second kappa shape index (κ2) is 16.3. The van der Waals surface area contributed by atoms with E-state index in [2.05, 4.69) is 21.2 Å². The summed E-state index contributed by atoms with van der Waals surface area (Å²) in [6.07, 6.45) is 1.86. The number of amides is 2. The number of rotatable bonds is 14. The van der Waals surface area contributed by atoms with Crippen LogP contribution in [0.15, 0.2) is 112 Å². The Balaban J connectivity index is 1.80.